The van der Waals surface area contributed by atoms with Crippen LogP contribution in [0.15, 0.2) is 16.9 Å². The van der Waals surface area contributed by atoms with Crippen LogP contribution in [0.2, 0.25) is 5.02 Å². The molecule has 0 aliphatic carbocycles. The Kier molecular flexibility index (Phi) is 3.30. The maximum absolute atomic E-state index is 5.84. The molecule has 0 aliphatic heterocycles. The Morgan fingerprint density at radius 3 is 2.91 bits per heavy atom. The van der Waals surface area contributed by atoms with Crippen LogP contribution in [0, 0.1) is 0 Å². The number of hydrogen-bond acceptors (Lipinski definition) is 2. The highest BCUT2D eigenvalue weighted by Crippen LogP contribution is 2.23. The fraction of sp³-hybridized carbons (Fsp3) is 0.286. The second kappa shape index (κ2) is 4.04. The van der Waals surface area contributed by atoms with E-state index in [1.165, 1.54) is 0 Å². The first-order valence-corrected chi connectivity index (χ1v) is 4.19. The number of methoxy groups -OCH3 is 1. The van der Waals surface area contributed by atoms with E-state index in [2.05, 4.69) is 20.9 Å². The van der Waals surface area contributed by atoms with Crippen molar-refractivity contribution in [1.29, 1.82) is 0 Å². The van der Waals surface area contributed by atoms with Crippen molar-refractivity contribution in [3.05, 3.63) is 27.5 Å². The number of hydrogen-bond donors (Lipinski definition) is 0. The molecule has 11 heavy (non-hydrogen) atoms. The molecule has 0 unspecified atom stereocenters. The minimum atomic E-state index is 0.502. The highest BCUT2D eigenvalue weighted by molar-refractivity contribution is 9.10. The van der Waals surface area contributed by atoms with Crippen LogP contribution < -0.4 is 0 Å². The Morgan fingerprint density at radius 1 is 1.64 bits per heavy atom. The Hall–Kier alpha value is -0.120. The zero-order chi connectivity index (χ0) is 8.27. The van der Waals surface area contributed by atoms with Gasteiger partial charge in [0.15, 0.2) is 0 Å². The lowest BCUT2D eigenvalue weighted by atomic mass is 10.3. The van der Waals surface area contributed by atoms with E-state index in [4.69, 9.17) is 16.3 Å². The lowest BCUT2D eigenvalue weighted by Crippen LogP contribution is -1.91. The summed E-state index contributed by atoms with van der Waals surface area (Å²) in [6.45, 7) is 0.502. The van der Waals surface area contributed by atoms with Gasteiger partial charge in [-0.25, -0.2) is 0 Å². The molecule has 0 radical (unpaired) electrons. The van der Waals surface area contributed by atoms with Crippen LogP contribution in [0.1, 0.15) is 5.56 Å². The minimum Gasteiger partial charge on any atom is -0.380 e. The van der Waals surface area contributed by atoms with E-state index in [1.54, 1.807) is 19.5 Å². The van der Waals surface area contributed by atoms with Crippen molar-refractivity contribution in [1.82, 2.24) is 4.98 Å². The summed E-state index contributed by atoms with van der Waals surface area (Å²) in [5, 5.41) is 0.626. The molecule has 0 N–H and O–H groups in total. The van der Waals surface area contributed by atoms with Crippen LogP contribution in [0.5, 0.6) is 0 Å². The van der Waals surface area contributed by atoms with Gasteiger partial charge in [0.2, 0.25) is 0 Å². The molecule has 0 saturated heterocycles. The summed E-state index contributed by atoms with van der Waals surface area (Å²) in [7, 11) is 1.63. The van der Waals surface area contributed by atoms with Crippen LogP contribution in [-0.2, 0) is 11.3 Å². The molecule has 0 atom stereocenters. The predicted octanol–water partition coefficient (Wildman–Crippen LogP) is 2.64. The smallest absolute Gasteiger partial charge is 0.0739 e. The zero-order valence-electron chi connectivity index (χ0n) is 5.97. The number of pyridine rings is 1. The van der Waals surface area contributed by atoms with Gasteiger partial charge >= 0.3 is 0 Å². The van der Waals surface area contributed by atoms with Crippen LogP contribution >= 0.6 is 27.5 Å². The first-order valence-electron chi connectivity index (χ1n) is 3.02. The molecule has 4 heteroatoms. The first-order chi connectivity index (χ1) is 5.25. The zero-order valence-corrected chi connectivity index (χ0v) is 8.32. The van der Waals surface area contributed by atoms with Crippen molar-refractivity contribution in [3.8, 4) is 0 Å². The summed E-state index contributed by atoms with van der Waals surface area (Å²) >= 11 is 9.16. The number of ether oxygens (including phenoxy) is 1. The Bertz CT molecular complexity index is 234. The quantitative estimate of drug-likeness (QED) is 0.787. The first kappa shape index (κ1) is 8.97. The molecule has 0 aromatic carbocycles. The summed E-state index contributed by atoms with van der Waals surface area (Å²) in [4.78, 5) is 3.89. The summed E-state index contributed by atoms with van der Waals surface area (Å²) in [6, 6.07) is 0. The molecule has 1 aromatic rings. The summed E-state index contributed by atoms with van der Waals surface area (Å²) in [5.41, 5.74) is 0.934. The van der Waals surface area contributed by atoms with Gasteiger partial charge in [-0.2, -0.15) is 0 Å². The highest BCUT2D eigenvalue weighted by atomic mass is 79.9. The van der Waals surface area contributed by atoms with E-state index in [0.29, 0.717) is 11.6 Å². The molecule has 1 heterocycles. The van der Waals surface area contributed by atoms with E-state index in [1.807, 2.05) is 0 Å². The van der Waals surface area contributed by atoms with Crippen molar-refractivity contribution in [2.24, 2.45) is 0 Å². The summed E-state index contributed by atoms with van der Waals surface area (Å²) < 4.78 is 5.83. The van der Waals surface area contributed by atoms with E-state index in [0.717, 1.165) is 10.0 Å². The fourth-order valence-corrected chi connectivity index (χ4v) is 1.49. The van der Waals surface area contributed by atoms with Crippen molar-refractivity contribution < 1.29 is 4.74 Å². The average molecular weight is 236 g/mol. The molecule has 0 spiro atoms. The van der Waals surface area contributed by atoms with Crippen LogP contribution in [-0.4, -0.2) is 12.1 Å². The fourth-order valence-electron chi connectivity index (χ4n) is 0.720. The number of rotatable bonds is 2. The van der Waals surface area contributed by atoms with Crippen molar-refractivity contribution >= 4 is 27.5 Å². The van der Waals surface area contributed by atoms with Gasteiger partial charge in [-0.05, 0) is 15.9 Å². The second-order valence-corrected chi connectivity index (χ2v) is 3.28. The predicted molar refractivity (Wildman–Crippen MR) is 47.7 cm³/mol. The summed E-state index contributed by atoms with van der Waals surface area (Å²) in [6.07, 6.45) is 3.29. The lowest BCUT2D eigenvalue weighted by Gasteiger charge is -2.03. The molecule has 0 aliphatic rings. The third kappa shape index (κ3) is 2.15. The maximum Gasteiger partial charge on any atom is 0.0739 e. The number of nitrogens with zero attached hydrogens (tertiary/aromatic N) is 1. The largest absolute Gasteiger partial charge is 0.380 e. The van der Waals surface area contributed by atoms with Crippen LogP contribution in [0.25, 0.3) is 0 Å². The van der Waals surface area contributed by atoms with Gasteiger partial charge in [0.25, 0.3) is 0 Å². The third-order valence-corrected chi connectivity index (χ3v) is 2.25. The molecular formula is C7H7BrClNO. The van der Waals surface area contributed by atoms with Gasteiger partial charge in [-0.1, -0.05) is 11.6 Å². The molecule has 60 valence electrons. The standard InChI is InChI=1S/C7H7BrClNO/c1-11-4-5-6(8)2-10-3-7(5)9/h2-3H,4H2,1H3. The SMILES string of the molecule is COCc1c(Cl)cncc1Br. The van der Waals surface area contributed by atoms with Gasteiger partial charge in [0.1, 0.15) is 0 Å². The van der Waals surface area contributed by atoms with E-state index in [9.17, 15) is 0 Å². The average Bonchev–Trinajstić information content (AvgIpc) is 1.97. The Labute approximate surface area is 78.7 Å². The molecule has 1 aromatic heterocycles. The van der Waals surface area contributed by atoms with Gasteiger partial charge in [0, 0.05) is 29.5 Å². The molecule has 2 nitrogen and oxygen atoms in total. The van der Waals surface area contributed by atoms with E-state index < -0.39 is 0 Å². The van der Waals surface area contributed by atoms with Gasteiger partial charge in [-0.15, -0.1) is 0 Å². The Balaban J connectivity index is 3.00. The number of halogens is 2. The van der Waals surface area contributed by atoms with Gasteiger partial charge in [0.05, 0.1) is 11.6 Å². The Morgan fingerprint density at radius 2 is 2.36 bits per heavy atom. The van der Waals surface area contributed by atoms with Gasteiger partial charge in [-0.3, -0.25) is 4.98 Å². The molecular weight excluding hydrogens is 229 g/mol. The van der Waals surface area contributed by atoms with Gasteiger partial charge < -0.3 is 4.74 Å². The minimum absolute atomic E-state index is 0.502. The van der Waals surface area contributed by atoms with Crippen LogP contribution in [0.3, 0.4) is 0 Å². The number of aromatic nitrogens is 1. The molecule has 1 rings (SSSR count). The lowest BCUT2D eigenvalue weighted by molar-refractivity contribution is 0.184. The normalized spacial score (nSPS) is 10.1. The monoisotopic (exact) mass is 235 g/mol. The van der Waals surface area contributed by atoms with E-state index >= 15 is 0 Å². The highest BCUT2D eigenvalue weighted by Gasteiger charge is 2.03. The topological polar surface area (TPSA) is 22.1 Å². The van der Waals surface area contributed by atoms with Crippen molar-refractivity contribution in [2.45, 2.75) is 6.61 Å². The molecule has 0 fully saturated rings. The molecule has 0 saturated carbocycles. The van der Waals surface area contributed by atoms with Crippen LogP contribution in [0.4, 0.5) is 0 Å². The maximum atomic E-state index is 5.84. The molecule has 0 amide bonds. The molecule has 0 bridgehead atoms. The third-order valence-electron chi connectivity index (χ3n) is 1.24. The van der Waals surface area contributed by atoms with E-state index in [-0.39, 0.29) is 0 Å². The van der Waals surface area contributed by atoms with Crippen molar-refractivity contribution in [2.75, 3.05) is 7.11 Å². The summed E-state index contributed by atoms with van der Waals surface area (Å²) in [5.74, 6) is 0. The second-order valence-electron chi connectivity index (χ2n) is 2.01. The van der Waals surface area contributed by atoms with Crippen molar-refractivity contribution in [3.63, 3.8) is 0 Å².